The molecule has 5 nitrogen and oxygen atoms in total. The van der Waals surface area contributed by atoms with Crippen molar-refractivity contribution in [1.82, 2.24) is 10.2 Å². The molecule has 1 N–H and O–H groups in total. The van der Waals surface area contributed by atoms with E-state index >= 15 is 0 Å². The number of carbonyl (C=O) groups excluding carboxylic acids is 2. The van der Waals surface area contributed by atoms with Crippen LogP contribution in [-0.2, 0) is 14.3 Å². The molecule has 1 saturated heterocycles. The molecule has 0 bridgehead atoms. The van der Waals surface area contributed by atoms with E-state index in [0.717, 1.165) is 6.54 Å². The Balaban J connectivity index is 0.00000225. The molecule has 0 unspecified atom stereocenters. The minimum atomic E-state index is -0.535. The van der Waals surface area contributed by atoms with Crippen molar-refractivity contribution in [1.29, 1.82) is 0 Å². The predicted octanol–water partition coefficient (Wildman–Crippen LogP) is 0.182. The molecule has 1 rings (SSSR count). The molecule has 0 radical (unpaired) electrons. The highest BCUT2D eigenvalue weighted by Gasteiger charge is 2.37. The standard InChI is InChI=1S/C10H18N2O3.ClH/c1-10(2)9(14)11-5-7-12(10)6-4-8(13)15-3;/h4-7H2,1-3H3,(H,11,14);1H. The average molecular weight is 251 g/mol. The third kappa shape index (κ3) is 3.35. The molecule has 0 aromatic carbocycles. The van der Waals surface area contributed by atoms with Gasteiger partial charge in [-0.05, 0) is 13.8 Å². The number of hydrogen-bond donors (Lipinski definition) is 1. The smallest absolute Gasteiger partial charge is 0.306 e. The van der Waals surface area contributed by atoms with E-state index < -0.39 is 5.54 Å². The monoisotopic (exact) mass is 250 g/mol. The maximum Gasteiger partial charge on any atom is 0.306 e. The number of hydrogen-bond acceptors (Lipinski definition) is 4. The van der Waals surface area contributed by atoms with E-state index in [1.54, 1.807) is 0 Å². The predicted molar refractivity (Wildman–Crippen MR) is 62.5 cm³/mol. The normalized spacial score (nSPS) is 19.6. The Bertz CT molecular complexity index is 269. The molecule has 1 aliphatic rings. The SMILES string of the molecule is COC(=O)CCN1CCNC(=O)C1(C)C.Cl. The average Bonchev–Trinajstić information content (AvgIpc) is 2.20. The second-order valence-corrected chi connectivity index (χ2v) is 4.13. The largest absolute Gasteiger partial charge is 0.469 e. The molecule has 0 aromatic heterocycles. The van der Waals surface area contributed by atoms with Crippen LogP contribution < -0.4 is 5.32 Å². The zero-order valence-electron chi connectivity index (χ0n) is 9.91. The van der Waals surface area contributed by atoms with Crippen LogP contribution in [0.3, 0.4) is 0 Å². The van der Waals surface area contributed by atoms with Crippen LogP contribution >= 0.6 is 12.4 Å². The number of nitrogens with one attached hydrogen (secondary N) is 1. The summed E-state index contributed by atoms with van der Waals surface area (Å²) in [6.45, 7) is 5.70. The molecule has 1 aliphatic heterocycles. The van der Waals surface area contributed by atoms with E-state index in [9.17, 15) is 9.59 Å². The van der Waals surface area contributed by atoms with E-state index in [-0.39, 0.29) is 24.3 Å². The van der Waals surface area contributed by atoms with Crippen LogP contribution in [0.4, 0.5) is 0 Å². The zero-order valence-corrected chi connectivity index (χ0v) is 10.7. The molecule has 94 valence electrons. The van der Waals surface area contributed by atoms with Gasteiger partial charge in [-0.3, -0.25) is 14.5 Å². The summed E-state index contributed by atoms with van der Waals surface area (Å²) in [6.07, 6.45) is 0.327. The summed E-state index contributed by atoms with van der Waals surface area (Å²) in [5, 5.41) is 2.81. The fraction of sp³-hybridized carbons (Fsp3) is 0.800. The number of ether oxygens (including phenoxy) is 1. The first kappa shape index (κ1) is 15.2. The summed E-state index contributed by atoms with van der Waals surface area (Å²) < 4.78 is 4.57. The second-order valence-electron chi connectivity index (χ2n) is 4.13. The van der Waals surface area contributed by atoms with Gasteiger partial charge in [-0.15, -0.1) is 12.4 Å². The van der Waals surface area contributed by atoms with Gasteiger partial charge in [-0.1, -0.05) is 0 Å². The number of carbonyl (C=O) groups is 2. The maximum atomic E-state index is 11.6. The van der Waals surface area contributed by atoms with E-state index in [2.05, 4.69) is 10.1 Å². The van der Waals surface area contributed by atoms with Crippen molar-refractivity contribution in [3.05, 3.63) is 0 Å². The van der Waals surface area contributed by atoms with E-state index in [4.69, 9.17) is 0 Å². The first-order valence-electron chi connectivity index (χ1n) is 5.08. The lowest BCUT2D eigenvalue weighted by Gasteiger charge is -2.40. The fourth-order valence-corrected chi connectivity index (χ4v) is 1.66. The molecule has 1 heterocycles. The lowest BCUT2D eigenvalue weighted by atomic mass is 9.99. The van der Waals surface area contributed by atoms with Crippen molar-refractivity contribution >= 4 is 24.3 Å². The maximum absolute atomic E-state index is 11.6. The lowest BCUT2D eigenvalue weighted by molar-refractivity contribution is -0.143. The fourth-order valence-electron chi connectivity index (χ4n) is 1.66. The highest BCUT2D eigenvalue weighted by atomic mass is 35.5. The van der Waals surface area contributed by atoms with Gasteiger partial charge in [0.1, 0.15) is 0 Å². The Kier molecular flexibility index (Phi) is 5.75. The molecule has 0 aromatic rings. The molecule has 0 atom stereocenters. The molecule has 0 saturated carbocycles. The summed E-state index contributed by atoms with van der Waals surface area (Å²) in [4.78, 5) is 24.6. The highest BCUT2D eigenvalue weighted by Crippen LogP contribution is 2.17. The van der Waals surface area contributed by atoms with E-state index in [1.165, 1.54) is 7.11 Å². The molecular formula is C10H19ClN2O3. The summed E-state index contributed by atoms with van der Waals surface area (Å²) in [6, 6.07) is 0. The minimum Gasteiger partial charge on any atom is -0.469 e. The Hall–Kier alpha value is -0.810. The van der Waals surface area contributed by atoms with Crippen LogP contribution in [0.15, 0.2) is 0 Å². The molecule has 0 spiro atoms. The Morgan fingerprint density at radius 2 is 2.19 bits per heavy atom. The van der Waals surface area contributed by atoms with Gasteiger partial charge in [-0.25, -0.2) is 0 Å². The minimum absolute atomic E-state index is 0. The van der Waals surface area contributed by atoms with Gasteiger partial charge in [-0.2, -0.15) is 0 Å². The Morgan fingerprint density at radius 3 is 2.75 bits per heavy atom. The number of halogens is 1. The molecule has 6 heteroatoms. The lowest BCUT2D eigenvalue weighted by Crippen LogP contribution is -2.61. The van der Waals surface area contributed by atoms with Gasteiger partial charge in [0.05, 0.1) is 19.1 Å². The summed E-state index contributed by atoms with van der Waals surface area (Å²) in [5.74, 6) is -0.226. The molecule has 1 amide bonds. The Morgan fingerprint density at radius 1 is 1.56 bits per heavy atom. The van der Waals surface area contributed by atoms with Gasteiger partial charge in [0.2, 0.25) is 5.91 Å². The van der Waals surface area contributed by atoms with Crippen LogP contribution in [0, 0.1) is 0 Å². The Labute approximate surface area is 102 Å². The number of methoxy groups -OCH3 is 1. The van der Waals surface area contributed by atoms with Gasteiger partial charge in [0.25, 0.3) is 0 Å². The van der Waals surface area contributed by atoms with Crippen molar-refractivity contribution in [3.8, 4) is 0 Å². The first-order valence-corrected chi connectivity index (χ1v) is 5.08. The van der Waals surface area contributed by atoms with Crippen LogP contribution in [-0.4, -0.2) is 49.1 Å². The van der Waals surface area contributed by atoms with Gasteiger partial charge >= 0.3 is 5.97 Å². The topological polar surface area (TPSA) is 58.6 Å². The van der Waals surface area contributed by atoms with E-state index in [1.807, 2.05) is 18.7 Å². The number of nitrogens with zero attached hydrogens (tertiary/aromatic N) is 1. The third-order valence-corrected chi connectivity index (χ3v) is 2.83. The van der Waals surface area contributed by atoms with Crippen LogP contribution in [0.1, 0.15) is 20.3 Å². The van der Waals surface area contributed by atoms with Crippen molar-refractivity contribution in [3.63, 3.8) is 0 Å². The van der Waals surface area contributed by atoms with Crippen LogP contribution in [0.2, 0.25) is 0 Å². The number of esters is 1. The van der Waals surface area contributed by atoms with Gasteiger partial charge < -0.3 is 10.1 Å². The van der Waals surface area contributed by atoms with Crippen molar-refractivity contribution in [2.24, 2.45) is 0 Å². The van der Waals surface area contributed by atoms with Gasteiger partial charge in [0.15, 0.2) is 0 Å². The molecule has 1 fully saturated rings. The number of piperazine rings is 1. The molecule has 0 aliphatic carbocycles. The zero-order chi connectivity index (χ0) is 11.5. The summed E-state index contributed by atoms with van der Waals surface area (Å²) in [5.41, 5.74) is -0.535. The third-order valence-electron chi connectivity index (χ3n) is 2.83. The highest BCUT2D eigenvalue weighted by molar-refractivity contribution is 5.86. The number of amides is 1. The van der Waals surface area contributed by atoms with Crippen LogP contribution in [0.25, 0.3) is 0 Å². The molecular weight excluding hydrogens is 232 g/mol. The van der Waals surface area contributed by atoms with E-state index in [0.29, 0.717) is 19.5 Å². The van der Waals surface area contributed by atoms with Crippen molar-refractivity contribution < 1.29 is 14.3 Å². The number of rotatable bonds is 3. The quantitative estimate of drug-likeness (QED) is 0.726. The molecule has 16 heavy (non-hydrogen) atoms. The first-order chi connectivity index (χ1) is 6.98. The summed E-state index contributed by atoms with van der Waals surface area (Å²) in [7, 11) is 1.37. The van der Waals surface area contributed by atoms with Gasteiger partial charge in [0, 0.05) is 19.6 Å². The second kappa shape index (κ2) is 6.06. The van der Waals surface area contributed by atoms with Crippen LogP contribution in [0.5, 0.6) is 0 Å². The van der Waals surface area contributed by atoms with Crippen molar-refractivity contribution in [2.75, 3.05) is 26.7 Å². The summed E-state index contributed by atoms with van der Waals surface area (Å²) >= 11 is 0. The van der Waals surface area contributed by atoms with Crippen molar-refractivity contribution in [2.45, 2.75) is 25.8 Å².